The monoisotopic (exact) mass is 189 g/mol. The summed E-state index contributed by atoms with van der Waals surface area (Å²) in [6.45, 7) is 6.18. The van der Waals surface area contributed by atoms with Crippen molar-refractivity contribution in [3.63, 3.8) is 0 Å². The van der Waals surface area contributed by atoms with E-state index in [1.165, 1.54) is 0 Å². The molecule has 0 amide bonds. The molecule has 0 aromatic rings. The Morgan fingerprint density at radius 1 is 1.36 bits per heavy atom. The summed E-state index contributed by atoms with van der Waals surface area (Å²) in [5, 5.41) is 0. The van der Waals surface area contributed by atoms with Crippen molar-refractivity contribution in [2.24, 2.45) is 5.92 Å². The Kier molecular flexibility index (Phi) is 1.88. The number of nitrogens with zero attached hydrogens (tertiary/aromatic N) is 1. The van der Waals surface area contributed by atoms with Crippen LogP contribution >= 0.6 is 0 Å². The minimum absolute atomic E-state index is 0.182. The van der Waals surface area contributed by atoms with E-state index in [2.05, 4.69) is 18.7 Å². The Bertz CT molecular complexity index is 363. The molecule has 14 heavy (non-hydrogen) atoms. The van der Waals surface area contributed by atoms with Crippen LogP contribution in [0.3, 0.4) is 0 Å². The first-order valence-corrected chi connectivity index (χ1v) is 4.97. The second kappa shape index (κ2) is 2.84. The third-order valence-corrected chi connectivity index (χ3v) is 2.91. The third-order valence-electron chi connectivity index (χ3n) is 2.91. The van der Waals surface area contributed by atoms with Gasteiger partial charge >= 0.3 is 0 Å². The van der Waals surface area contributed by atoms with Crippen molar-refractivity contribution in [3.05, 3.63) is 36.2 Å². The second-order valence-electron chi connectivity index (χ2n) is 4.31. The molecule has 74 valence electrons. The number of fused-ring (bicyclic) bond motifs is 1. The lowest BCUT2D eigenvalue weighted by Crippen LogP contribution is -2.43. The van der Waals surface area contributed by atoms with Gasteiger partial charge in [0.2, 0.25) is 0 Å². The zero-order valence-electron chi connectivity index (χ0n) is 8.82. The second-order valence-corrected chi connectivity index (χ2v) is 4.31. The van der Waals surface area contributed by atoms with E-state index >= 15 is 0 Å². The molecule has 2 rings (SSSR count). The van der Waals surface area contributed by atoms with E-state index in [1.807, 2.05) is 31.4 Å². The van der Waals surface area contributed by atoms with Crippen molar-refractivity contribution < 1.29 is 4.79 Å². The van der Waals surface area contributed by atoms with Crippen LogP contribution in [0.2, 0.25) is 0 Å². The lowest BCUT2D eigenvalue weighted by atomic mass is 9.95. The lowest BCUT2D eigenvalue weighted by molar-refractivity contribution is -0.119. The van der Waals surface area contributed by atoms with Gasteiger partial charge in [-0.25, -0.2) is 0 Å². The standard InChI is InChI=1S/C12H15NO/c1-9(2)10-8-11(14)12(3)6-4-5-7-13(10)12/h4-9H,1-3H3. The molecule has 0 aromatic carbocycles. The van der Waals surface area contributed by atoms with Crippen LogP contribution in [0.5, 0.6) is 0 Å². The Hall–Kier alpha value is -1.31. The summed E-state index contributed by atoms with van der Waals surface area (Å²) in [5.41, 5.74) is 0.645. The molecule has 2 aliphatic rings. The fourth-order valence-electron chi connectivity index (χ4n) is 1.96. The smallest absolute Gasteiger partial charge is 0.186 e. The maximum atomic E-state index is 11.8. The SMILES string of the molecule is CC(C)C1=CC(=O)C2(C)C=CC=CN12. The van der Waals surface area contributed by atoms with Crippen LogP contribution in [0, 0.1) is 5.92 Å². The maximum absolute atomic E-state index is 11.8. The highest BCUT2D eigenvalue weighted by atomic mass is 16.1. The number of hydrogen-bond acceptors (Lipinski definition) is 2. The van der Waals surface area contributed by atoms with Gasteiger partial charge in [0.05, 0.1) is 0 Å². The Morgan fingerprint density at radius 2 is 2.07 bits per heavy atom. The molecule has 2 heteroatoms. The maximum Gasteiger partial charge on any atom is 0.186 e. The first kappa shape index (κ1) is 9.25. The van der Waals surface area contributed by atoms with Crippen molar-refractivity contribution in [2.45, 2.75) is 26.3 Å². The van der Waals surface area contributed by atoms with E-state index < -0.39 is 5.54 Å². The number of ketones is 1. The summed E-state index contributed by atoms with van der Waals surface area (Å²) >= 11 is 0. The molecule has 0 radical (unpaired) electrons. The molecule has 1 atom stereocenters. The van der Waals surface area contributed by atoms with E-state index in [9.17, 15) is 4.79 Å². The summed E-state index contributed by atoms with van der Waals surface area (Å²) in [4.78, 5) is 13.9. The quantitative estimate of drug-likeness (QED) is 0.630. The highest BCUT2D eigenvalue weighted by molar-refractivity contribution is 6.02. The normalized spacial score (nSPS) is 29.9. The summed E-state index contributed by atoms with van der Waals surface area (Å²) in [7, 11) is 0. The van der Waals surface area contributed by atoms with Crippen molar-refractivity contribution in [2.75, 3.05) is 0 Å². The fraction of sp³-hybridized carbons (Fsp3) is 0.417. The van der Waals surface area contributed by atoms with Gasteiger partial charge in [0.1, 0.15) is 5.54 Å². The zero-order chi connectivity index (χ0) is 10.3. The van der Waals surface area contributed by atoms with E-state index in [0.29, 0.717) is 5.92 Å². The summed E-state index contributed by atoms with van der Waals surface area (Å²) in [6, 6.07) is 0. The highest BCUT2D eigenvalue weighted by Crippen LogP contribution is 2.36. The fourth-order valence-corrected chi connectivity index (χ4v) is 1.96. The summed E-state index contributed by atoms with van der Waals surface area (Å²) < 4.78 is 0. The Balaban J connectivity index is 2.44. The first-order valence-electron chi connectivity index (χ1n) is 4.97. The van der Waals surface area contributed by atoms with E-state index in [1.54, 1.807) is 6.08 Å². The van der Waals surface area contributed by atoms with Crippen LogP contribution in [-0.2, 0) is 4.79 Å². The van der Waals surface area contributed by atoms with Gasteiger partial charge in [-0.05, 0) is 18.9 Å². The van der Waals surface area contributed by atoms with Crippen LogP contribution in [0.15, 0.2) is 36.2 Å². The zero-order valence-corrected chi connectivity index (χ0v) is 8.82. The molecular weight excluding hydrogens is 174 g/mol. The first-order chi connectivity index (χ1) is 6.55. The summed E-state index contributed by atoms with van der Waals surface area (Å²) in [5.74, 6) is 0.568. The average molecular weight is 189 g/mol. The van der Waals surface area contributed by atoms with Crippen molar-refractivity contribution in [1.82, 2.24) is 4.90 Å². The van der Waals surface area contributed by atoms with Gasteiger partial charge in [0.15, 0.2) is 5.78 Å². The van der Waals surface area contributed by atoms with Gasteiger partial charge in [-0.3, -0.25) is 4.79 Å². The number of carbonyl (C=O) groups excluding carboxylic acids is 1. The number of rotatable bonds is 1. The highest BCUT2D eigenvalue weighted by Gasteiger charge is 2.42. The predicted octanol–water partition coefficient (Wildman–Crippen LogP) is 2.25. The lowest BCUT2D eigenvalue weighted by Gasteiger charge is -2.35. The Morgan fingerprint density at radius 3 is 2.71 bits per heavy atom. The molecule has 2 nitrogen and oxygen atoms in total. The van der Waals surface area contributed by atoms with Gasteiger partial charge in [0.25, 0.3) is 0 Å². The van der Waals surface area contributed by atoms with Crippen molar-refractivity contribution in [1.29, 1.82) is 0 Å². The topological polar surface area (TPSA) is 20.3 Å². The van der Waals surface area contributed by atoms with Gasteiger partial charge in [0, 0.05) is 18.0 Å². The van der Waals surface area contributed by atoms with E-state index in [4.69, 9.17) is 0 Å². The van der Waals surface area contributed by atoms with E-state index in [-0.39, 0.29) is 5.78 Å². The van der Waals surface area contributed by atoms with Gasteiger partial charge in [-0.15, -0.1) is 0 Å². The number of carbonyl (C=O) groups is 1. The molecule has 2 heterocycles. The van der Waals surface area contributed by atoms with Crippen molar-refractivity contribution in [3.8, 4) is 0 Å². The van der Waals surface area contributed by atoms with Crippen LogP contribution in [0.4, 0.5) is 0 Å². The molecule has 0 saturated carbocycles. The van der Waals surface area contributed by atoms with Crippen LogP contribution in [0.25, 0.3) is 0 Å². The van der Waals surface area contributed by atoms with Crippen LogP contribution < -0.4 is 0 Å². The number of allylic oxidation sites excluding steroid dienone is 3. The molecule has 2 aliphatic heterocycles. The molecule has 0 aromatic heterocycles. The molecule has 0 fully saturated rings. The van der Waals surface area contributed by atoms with Gasteiger partial charge in [-0.1, -0.05) is 26.0 Å². The minimum Gasteiger partial charge on any atom is -0.334 e. The van der Waals surface area contributed by atoms with Gasteiger partial charge in [-0.2, -0.15) is 0 Å². The molecule has 0 bridgehead atoms. The molecular formula is C12H15NO. The minimum atomic E-state index is -0.464. The van der Waals surface area contributed by atoms with Crippen LogP contribution in [0.1, 0.15) is 20.8 Å². The third kappa shape index (κ3) is 1.07. The summed E-state index contributed by atoms with van der Waals surface area (Å²) in [6.07, 6.45) is 9.62. The Labute approximate surface area is 84.6 Å². The predicted molar refractivity (Wildman–Crippen MR) is 56.5 cm³/mol. The molecule has 0 N–H and O–H groups in total. The number of hydrogen-bond donors (Lipinski definition) is 0. The van der Waals surface area contributed by atoms with Gasteiger partial charge < -0.3 is 4.90 Å². The van der Waals surface area contributed by atoms with Crippen LogP contribution in [-0.4, -0.2) is 16.2 Å². The van der Waals surface area contributed by atoms with Crippen molar-refractivity contribution >= 4 is 5.78 Å². The molecule has 0 spiro atoms. The molecule has 0 aliphatic carbocycles. The molecule has 1 unspecified atom stereocenters. The van der Waals surface area contributed by atoms with E-state index in [0.717, 1.165) is 5.70 Å². The average Bonchev–Trinajstić information content (AvgIpc) is 2.40. The molecule has 0 saturated heterocycles. The largest absolute Gasteiger partial charge is 0.334 e.